The summed E-state index contributed by atoms with van der Waals surface area (Å²) in [6.45, 7) is 5.41. The molecule has 1 saturated heterocycles. The highest BCUT2D eigenvalue weighted by molar-refractivity contribution is 9.10. The molecule has 1 aromatic carbocycles. The van der Waals surface area contributed by atoms with Gasteiger partial charge < -0.3 is 15.5 Å². The standard InChI is InChI=1S/C22H28BrN3O3S/c1-13(27)25-21(2,3)20(29)26-12-22(7-8-22)11-17(26)19(28)24-16-6-9-30-18-5-4-14(23)10-15(16)18/h4-5,10,16-17H,6-9,11-12H2,1-3H3,(H,24,28)(H,25,27)/t16?,17-/m1/s1. The Kier molecular flexibility index (Phi) is 5.68. The van der Waals surface area contributed by atoms with E-state index < -0.39 is 11.6 Å². The van der Waals surface area contributed by atoms with E-state index in [1.165, 1.54) is 11.8 Å². The maximum Gasteiger partial charge on any atom is 0.248 e. The monoisotopic (exact) mass is 493 g/mol. The molecule has 0 aromatic heterocycles. The Bertz CT molecular complexity index is 900. The van der Waals surface area contributed by atoms with Gasteiger partial charge in [-0.1, -0.05) is 15.9 Å². The Morgan fingerprint density at radius 1 is 1.27 bits per heavy atom. The predicted molar refractivity (Wildman–Crippen MR) is 120 cm³/mol. The van der Waals surface area contributed by atoms with Crippen LogP contribution in [-0.2, 0) is 14.4 Å². The molecule has 2 fully saturated rings. The molecule has 0 bridgehead atoms. The van der Waals surface area contributed by atoms with E-state index in [0.29, 0.717) is 13.0 Å². The first kappa shape index (κ1) is 21.7. The molecule has 3 amide bonds. The van der Waals surface area contributed by atoms with Gasteiger partial charge in [-0.15, -0.1) is 11.8 Å². The van der Waals surface area contributed by atoms with Gasteiger partial charge in [-0.05, 0) is 68.7 Å². The lowest BCUT2D eigenvalue weighted by atomic mass is 10.00. The summed E-state index contributed by atoms with van der Waals surface area (Å²) in [5, 5.41) is 5.97. The highest BCUT2D eigenvalue weighted by Gasteiger charge is 2.56. The van der Waals surface area contributed by atoms with Crippen LogP contribution in [0.25, 0.3) is 0 Å². The van der Waals surface area contributed by atoms with E-state index in [9.17, 15) is 14.4 Å². The summed E-state index contributed by atoms with van der Waals surface area (Å²) >= 11 is 5.34. The van der Waals surface area contributed by atoms with Gasteiger partial charge in [-0.3, -0.25) is 14.4 Å². The number of rotatable bonds is 4. The number of nitrogens with one attached hydrogen (secondary N) is 2. The van der Waals surface area contributed by atoms with Crippen molar-refractivity contribution in [3.8, 4) is 0 Å². The zero-order valence-electron chi connectivity index (χ0n) is 17.6. The fourth-order valence-electron chi connectivity index (χ4n) is 4.68. The number of carbonyl (C=O) groups is 3. The number of fused-ring (bicyclic) bond motifs is 1. The van der Waals surface area contributed by atoms with Crippen LogP contribution in [0.1, 0.15) is 58.1 Å². The van der Waals surface area contributed by atoms with Crippen LogP contribution in [0.3, 0.4) is 0 Å². The second-order valence-electron chi connectivity index (χ2n) is 9.34. The Morgan fingerprint density at radius 2 is 2.00 bits per heavy atom. The molecule has 6 nitrogen and oxygen atoms in total. The fraction of sp³-hybridized carbons (Fsp3) is 0.591. The van der Waals surface area contributed by atoms with Crippen LogP contribution in [0, 0.1) is 5.41 Å². The van der Waals surface area contributed by atoms with Gasteiger partial charge in [0.1, 0.15) is 11.6 Å². The summed E-state index contributed by atoms with van der Waals surface area (Å²) < 4.78 is 0.995. The van der Waals surface area contributed by atoms with Crippen molar-refractivity contribution in [2.24, 2.45) is 5.41 Å². The molecule has 2 aliphatic heterocycles. The lowest BCUT2D eigenvalue weighted by Gasteiger charge is -2.34. The quantitative estimate of drug-likeness (QED) is 0.673. The average molecular weight is 494 g/mol. The summed E-state index contributed by atoms with van der Waals surface area (Å²) in [6.07, 6.45) is 3.67. The summed E-state index contributed by atoms with van der Waals surface area (Å²) in [4.78, 5) is 41.1. The van der Waals surface area contributed by atoms with E-state index in [-0.39, 0.29) is 29.2 Å². The van der Waals surface area contributed by atoms with Crippen molar-refractivity contribution in [2.75, 3.05) is 12.3 Å². The van der Waals surface area contributed by atoms with Crippen LogP contribution in [0.15, 0.2) is 27.6 Å². The van der Waals surface area contributed by atoms with Crippen LogP contribution >= 0.6 is 27.7 Å². The van der Waals surface area contributed by atoms with Crippen LogP contribution in [0.2, 0.25) is 0 Å². The summed E-state index contributed by atoms with van der Waals surface area (Å²) in [5.74, 6) is 0.418. The molecule has 1 aliphatic carbocycles. The minimum atomic E-state index is -1.04. The molecule has 1 aromatic rings. The van der Waals surface area contributed by atoms with E-state index in [0.717, 1.165) is 35.1 Å². The Hall–Kier alpha value is -1.54. The van der Waals surface area contributed by atoms with Crippen LogP contribution in [-0.4, -0.2) is 46.5 Å². The SMILES string of the molecule is CC(=O)NC(C)(C)C(=O)N1CC2(CC2)C[C@@H]1C(=O)NC1CCSc2ccc(Br)cc21. The molecule has 30 heavy (non-hydrogen) atoms. The van der Waals surface area contributed by atoms with Crippen molar-refractivity contribution in [1.82, 2.24) is 15.5 Å². The first-order valence-electron chi connectivity index (χ1n) is 10.4. The highest BCUT2D eigenvalue weighted by atomic mass is 79.9. The number of benzene rings is 1. The number of hydrogen-bond acceptors (Lipinski definition) is 4. The summed E-state index contributed by atoms with van der Waals surface area (Å²) in [6, 6.07) is 5.64. The smallest absolute Gasteiger partial charge is 0.248 e. The van der Waals surface area contributed by atoms with Crippen molar-refractivity contribution in [3.05, 3.63) is 28.2 Å². The third-order valence-electron chi connectivity index (χ3n) is 6.38. The number of carbonyl (C=O) groups excluding carboxylic acids is 3. The molecule has 0 radical (unpaired) electrons. The summed E-state index contributed by atoms with van der Waals surface area (Å²) in [7, 11) is 0. The molecule has 2 N–H and O–H groups in total. The van der Waals surface area contributed by atoms with E-state index >= 15 is 0 Å². The number of halogens is 1. The largest absolute Gasteiger partial charge is 0.347 e. The predicted octanol–water partition coefficient (Wildman–Crippen LogP) is 3.40. The van der Waals surface area contributed by atoms with Crippen molar-refractivity contribution in [1.29, 1.82) is 0 Å². The van der Waals surface area contributed by atoms with Crippen LogP contribution < -0.4 is 10.6 Å². The van der Waals surface area contributed by atoms with Crippen molar-refractivity contribution in [2.45, 2.75) is 69.0 Å². The Balaban J connectivity index is 1.53. The first-order valence-corrected chi connectivity index (χ1v) is 12.2. The molecule has 4 rings (SSSR count). The Labute approximate surface area is 190 Å². The molecule has 1 spiro atoms. The lowest BCUT2D eigenvalue weighted by Crippen LogP contribution is -2.58. The molecular formula is C22H28BrN3O3S. The molecule has 2 heterocycles. The maximum absolute atomic E-state index is 13.4. The van der Waals surface area contributed by atoms with Crippen molar-refractivity contribution >= 4 is 45.4 Å². The minimum absolute atomic E-state index is 0.0534. The number of likely N-dealkylation sites (tertiary alicyclic amines) is 1. The number of thioether (sulfide) groups is 1. The molecule has 1 unspecified atom stereocenters. The van der Waals surface area contributed by atoms with E-state index in [2.05, 4.69) is 38.7 Å². The number of nitrogens with zero attached hydrogens (tertiary/aromatic N) is 1. The van der Waals surface area contributed by atoms with E-state index in [4.69, 9.17) is 0 Å². The molecule has 162 valence electrons. The lowest BCUT2D eigenvalue weighted by molar-refractivity contribution is -0.144. The Morgan fingerprint density at radius 3 is 2.67 bits per heavy atom. The van der Waals surface area contributed by atoms with Gasteiger partial charge in [0, 0.05) is 28.6 Å². The first-order chi connectivity index (χ1) is 14.1. The highest BCUT2D eigenvalue weighted by Crippen LogP contribution is 2.55. The number of hydrogen-bond donors (Lipinski definition) is 2. The van der Waals surface area contributed by atoms with Gasteiger partial charge in [0.05, 0.1) is 6.04 Å². The van der Waals surface area contributed by atoms with E-state index in [1.807, 2.05) is 17.8 Å². The van der Waals surface area contributed by atoms with Crippen LogP contribution in [0.4, 0.5) is 0 Å². The normalized spacial score (nSPS) is 24.3. The molecule has 3 aliphatic rings. The zero-order valence-corrected chi connectivity index (χ0v) is 20.0. The second-order valence-corrected chi connectivity index (χ2v) is 11.4. The van der Waals surface area contributed by atoms with Gasteiger partial charge in [0.15, 0.2) is 0 Å². The van der Waals surface area contributed by atoms with Gasteiger partial charge in [0.2, 0.25) is 17.7 Å². The molecular weight excluding hydrogens is 466 g/mol. The molecule has 2 atom stereocenters. The maximum atomic E-state index is 13.4. The second kappa shape index (κ2) is 7.86. The minimum Gasteiger partial charge on any atom is -0.347 e. The summed E-state index contributed by atoms with van der Waals surface area (Å²) in [5.41, 5.74) is 0.168. The van der Waals surface area contributed by atoms with Gasteiger partial charge in [-0.25, -0.2) is 0 Å². The topological polar surface area (TPSA) is 78.5 Å². The molecule has 8 heteroatoms. The third kappa shape index (κ3) is 4.26. The van der Waals surface area contributed by atoms with Crippen molar-refractivity contribution < 1.29 is 14.4 Å². The van der Waals surface area contributed by atoms with E-state index in [1.54, 1.807) is 18.7 Å². The van der Waals surface area contributed by atoms with Gasteiger partial charge >= 0.3 is 0 Å². The van der Waals surface area contributed by atoms with Gasteiger partial charge in [0.25, 0.3) is 0 Å². The zero-order chi connectivity index (χ0) is 21.7. The number of amides is 3. The van der Waals surface area contributed by atoms with Gasteiger partial charge in [-0.2, -0.15) is 0 Å². The molecule has 1 saturated carbocycles. The average Bonchev–Trinajstić information content (AvgIpc) is 3.31. The van der Waals surface area contributed by atoms with Crippen molar-refractivity contribution in [3.63, 3.8) is 0 Å². The third-order valence-corrected chi connectivity index (χ3v) is 8.00. The fourth-order valence-corrected chi connectivity index (χ4v) is 6.16. The van der Waals surface area contributed by atoms with Crippen LogP contribution in [0.5, 0.6) is 0 Å².